The Morgan fingerprint density at radius 1 is 0.778 bits per heavy atom. The number of nitrogens with zero attached hydrogens (tertiary/aromatic N) is 2. The third-order valence-electron chi connectivity index (χ3n) is 4.18. The molecule has 27 heavy (non-hydrogen) atoms. The van der Waals surface area contributed by atoms with E-state index in [0.29, 0.717) is 17.0 Å². The standard InChI is InChI=1S/C23H16N2O2/c26-23(20-14-8-12-17-9-4-5-13-19(17)20)27-25-22(18-10-2-1-3-11-18)21-15-6-7-16-24-21/h1-16H/b25-22-. The number of carbonyl (C=O) groups is 1. The van der Waals surface area contributed by atoms with E-state index in [1.54, 1.807) is 12.3 Å². The van der Waals surface area contributed by atoms with Gasteiger partial charge >= 0.3 is 5.97 Å². The van der Waals surface area contributed by atoms with E-state index < -0.39 is 5.97 Å². The molecule has 1 heterocycles. The van der Waals surface area contributed by atoms with Crippen LogP contribution in [0, 0.1) is 0 Å². The molecule has 0 aliphatic rings. The van der Waals surface area contributed by atoms with E-state index in [2.05, 4.69) is 10.1 Å². The van der Waals surface area contributed by atoms with Crippen LogP contribution in [0.3, 0.4) is 0 Å². The summed E-state index contributed by atoms with van der Waals surface area (Å²) in [4.78, 5) is 22.3. The number of fused-ring (bicyclic) bond motifs is 1. The van der Waals surface area contributed by atoms with E-state index in [-0.39, 0.29) is 0 Å². The number of aromatic nitrogens is 1. The summed E-state index contributed by atoms with van der Waals surface area (Å²) >= 11 is 0. The minimum atomic E-state index is -0.504. The van der Waals surface area contributed by atoms with Crippen LogP contribution in [0.5, 0.6) is 0 Å². The highest BCUT2D eigenvalue weighted by Crippen LogP contribution is 2.19. The van der Waals surface area contributed by atoms with E-state index in [1.165, 1.54) is 0 Å². The van der Waals surface area contributed by atoms with Gasteiger partial charge in [-0.05, 0) is 29.0 Å². The van der Waals surface area contributed by atoms with Crippen LogP contribution in [0.4, 0.5) is 0 Å². The Hall–Kier alpha value is -3.79. The highest BCUT2D eigenvalue weighted by atomic mass is 16.7. The number of pyridine rings is 1. The van der Waals surface area contributed by atoms with Crippen LogP contribution in [0.15, 0.2) is 102 Å². The molecule has 4 heteroatoms. The van der Waals surface area contributed by atoms with Gasteiger partial charge in [-0.2, -0.15) is 0 Å². The van der Waals surface area contributed by atoms with E-state index in [4.69, 9.17) is 4.84 Å². The van der Waals surface area contributed by atoms with E-state index in [9.17, 15) is 4.79 Å². The highest BCUT2D eigenvalue weighted by Gasteiger charge is 2.14. The Labute approximate surface area is 156 Å². The summed E-state index contributed by atoms with van der Waals surface area (Å²) in [6.07, 6.45) is 1.68. The molecule has 1 aromatic heterocycles. The first-order valence-corrected chi connectivity index (χ1v) is 8.57. The normalized spacial score (nSPS) is 11.3. The third kappa shape index (κ3) is 3.60. The Morgan fingerprint density at radius 3 is 2.33 bits per heavy atom. The number of carbonyl (C=O) groups excluding carboxylic acids is 1. The SMILES string of the molecule is O=C(O/N=C(/c1ccccc1)c1ccccn1)c1cccc2ccccc12. The zero-order valence-corrected chi connectivity index (χ0v) is 14.4. The molecule has 3 aromatic carbocycles. The molecule has 4 rings (SSSR count). The van der Waals surface area contributed by atoms with Gasteiger partial charge in [-0.3, -0.25) is 4.98 Å². The second kappa shape index (κ2) is 7.62. The summed E-state index contributed by atoms with van der Waals surface area (Å²) in [5.74, 6) is -0.504. The van der Waals surface area contributed by atoms with Crippen molar-refractivity contribution in [2.45, 2.75) is 0 Å². The van der Waals surface area contributed by atoms with Crippen LogP contribution in [-0.2, 0) is 4.84 Å². The fourth-order valence-electron chi connectivity index (χ4n) is 2.89. The van der Waals surface area contributed by atoms with Gasteiger partial charge < -0.3 is 4.84 Å². The minimum absolute atomic E-state index is 0.477. The molecule has 0 bridgehead atoms. The Kier molecular flexibility index (Phi) is 4.70. The monoisotopic (exact) mass is 352 g/mol. The molecule has 0 saturated carbocycles. The molecule has 0 saturated heterocycles. The van der Waals surface area contributed by atoms with Gasteiger partial charge in [0.15, 0.2) is 0 Å². The Balaban J connectivity index is 1.70. The van der Waals surface area contributed by atoms with Crippen molar-refractivity contribution < 1.29 is 9.63 Å². The van der Waals surface area contributed by atoms with Crippen molar-refractivity contribution in [3.05, 3.63) is 114 Å². The summed E-state index contributed by atoms with van der Waals surface area (Å²) in [7, 11) is 0. The van der Waals surface area contributed by atoms with Crippen molar-refractivity contribution in [2.24, 2.45) is 5.16 Å². The minimum Gasteiger partial charge on any atom is -0.312 e. The average Bonchev–Trinajstić information content (AvgIpc) is 2.75. The first-order valence-electron chi connectivity index (χ1n) is 8.57. The molecule has 0 radical (unpaired) electrons. The van der Waals surface area contributed by atoms with Crippen LogP contribution in [0.25, 0.3) is 10.8 Å². The lowest BCUT2D eigenvalue weighted by Crippen LogP contribution is -2.09. The maximum absolute atomic E-state index is 12.7. The molecule has 0 unspecified atom stereocenters. The van der Waals surface area contributed by atoms with Gasteiger partial charge in [0.1, 0.15) is 5.71 Å². The largest absolute Gasteiger partial charge is 0.366 e. The van der Waals surface area contributed by atoms with E-state index in [1.807, 2.05) is 84.9 Å². The number of hydrogen-bond acceptors (Lipinski definition) is 4. The first kappa shape index (κ1) is 16.7. The number of rotatable bonds is 4. The summed E-state index contributed by atoms with van der Waals surface area (Å²) in [6, 6.07) is 28.3. The highest BCUT2D eigenvalue weighted by molar-refractivity contribution is 6.12. The van der Waals surface area contributed by atoms with Gasteiger partial charge in [-0.15, -0.1) is 0 Å². The molecular weight excluding hydrogens is 336 g/mol. The van der Waals surface area contributed by atoms with Crippen molar-refractivity contribution in [3.8, 4) is 0 Å². The molecule has 4 aromatic rings. The summed E-state index contributed by atoms with van der Waals surface area (Å²) in [6.45, 7) is 0. The molecule has 0 N–H and O–H groups in total. The quantitative estimate of drug-likeness (QED) is 0.300. The summed E-state index contributed by atoms with van der Waals surface area (Å²) in [5, 5.41) is 5.96. The van der Waals surface area contributed by atoms with Crippen LogP contribution >= 0.6 is 0 Å². The van der Waals surface area contributed by atoms with Crippen molar-refractivity contribution in [3.63, 3.8) is 0 Å². The van der Waals surface area contributed by atoms with Gasteiger partial charge in [-0.1, -0.05) is 78.0 Å². The molecule has 0 aliphatic heterocycles. The fraction of sp³-hybridized carbons (Fsp3) is 0. The predicted molar refractivity (Wildman–Crippen MR) is 106 cm³/mol. The van der Waals surface area contributed by atoms with Gasteiger partial charge in [0.25, 0.3) is 0 Å². The van der Waals surface area contributed by atoms with E-state index in [0.717, 1.165) is 16.3 Å². The second-order valence-corrected chi connectivity index (χ2v) is 5.93. The van der Waals surface area contributed by atoms with E-state index >= 15 is 0 Å². The Bertz CT molecular complexity index is 1060. The zero-order chi connectivity index (χ0) is 18.5. The van der Waals surface area contributed by atoms with Gasteiger partial charge in [-0.25, -0.2) is 4.79 Å². The molecule has 0 amide bonds. The summed E-state index contributed by atoms with van der Waals surface area (Å²) in [5.41, 5.74) is 2.44. The topological polar surface area (TPSA) is 51.5 Å². The average molecular weight is 352 g/mol. The van der Waals surface area contributed by atoms with Crippen molar-refractivity contribution >= 4 is 22.5 Å². The van der Waals surface area contributed by atoms with Gasteiger partial charge in [0.2, 0.25) is 0 Å². The van der Waals surface area contributed by atoms with Crippen molar-refractivity contribution in [1.29, 1.82) is 0 Å². The first-order chi connectivity index (χ1) is 13.3. The fourth-order valence-corrected chi connectivity index (χ4v) is 2.89. The molecule has 4 nitrogen and oxygen atoms in total. The molecule has 130 valence electrons. The van der Waals surface area contributed by atoms with Crippen LogP contribution in [0.1, 0.15) is 21.6 Å². The molecular formula is C23H16N2O2. The van der Waals surface area contributed by atoms with Crippen LogP contribution in [-0.4, -0.2) is 16.7 Å². The lowest BCUT2D eigenvalue weighted by molar-refractivity contribution is 0.0519. The zero-order valence-electron chi connectivity index (χ0n) is 14.4. The van der Waals surface area contributed by atoms with Gasteiger partial charge in [0, 0.05) is 11.8 Å². The maximum atomic E-state index is 12.7. The number of benzene rings is 3. The second-order valence-electron chi connectivity index (χ2n) is 5.93. The smallest absolute Gasteiger partial charge is 0.312 e. The lowest BCUT2D eigenvalue weighted by atomic mass is 10.1. The van der Waals surface area contributed by atoms with Crippen LogP contribution in [0.2, 0.25) is 0 Å². The van der Waals surface area contributed by atoms with Crippen molar-refractivity contribution in [2.75, 3.05) is 0 Å². The lowest BCUT2D eigenvalue weighted by Gasteiger charge is -2.07. The third-order valence-corrected chi connectivity index (χ3v) is 4.18. The van der Waals surface area contributed by atoms with Crippen molar-refractivity contribution in [1.82, 2.24) is 4.98 Å². The molecule has 0 fully saturated rings. The molecule has 0 spiro atoms. The number of oxime groups is 1. The number of hydrogen-bond donors (Lipinski definition) is 0. The van der Waals surface area contributed by atoms with Crippen LogP contribution < -0.4 is 0 Å². The predicted octanol–water partition coefficient (Wildman–Crippen LogP) is 4.84. The van der Waals surface area contributed by atoms with Gasteiger partial charge in [0.05, 0.1) is 11.3 Å². The molecule has 0 atom stereocenters. The Morgan fingerprint density at radius 2 is 1.52 bits per heavy atom. The summed E-state index contributed by atoms with van der Waals surface area (Å²) < 4.78 is 0. The maximum Gasteiger partial charge on any atom is 0.366 e. The molecule has 0 aliphatic carbocycles.